The Balaban J connectivity index is 1.74. The summed E-state index contributed by atoms with van der Waals surface area (Å²) in [4.78, 5) is 39.0. The molecule has 1 aromatic heterocycles. The quantitative estimate of drug-likeness (QED) is 0.714. The minimum Gasteiger partial charge on any atom is -0.444 e. The van der Waals surface area contributed by atoms with Crippen molar-refractivity contribution in [3.05, 3.63) is 54.2 Å². The number of esters is 1. The minimum atomic E-state index is -0.726. The molecule has 0 saturated heterocycles. The molecule has 2 aromatic rings. The molecule has 2 N–H and O–H groups in total. The van der Waals surface area contributed by atoms with Gasteiger partial charge in [-0.1, -0.05) is 30.3 Å². The highest BCUT2D eigenvalue weighted by Gasteiger charge is 2.17. The van der Waals surface area contributed by atoms with Crippen molar-refractivity contribution in [1.29, 1.82) is 0 Å². The number of ether oxygens (including phenoxy) is 3. The van der Waals surface area contributed by atoms with E-state index in [4.69, 9.17) is 14.2 Å². The van der Waals surface area contributed by atoms with Crippen molar-refractivity contribution in [3.8, 4) is 5.88 Å². The fourth-order valence-electron chi connectivity index (χ4n) is 2.00. The molecule has 0 spiro atoms. The topological polar surface area (TPSA) is 116 Å². The number of nitrogens with zero attached hydrogens (tertiary/aromatic N) is 1. The van der Waals surface area contributed by atoms with Gasteiger partial charge >= 0.3 is 18.2 Å². The van der Waals surface area contributed by atoms with Gasteiger partial charge in [-0.25, -0.2) is 19.4 Å². The molecule has 0 bridgehead atoms. The first-order valence-electron chi connectivity index (χ1n) is 8.82. The average molecular weight is 401 g/mol. The van der Waals surface area contributed by atoms with Gasteiger partial charge < -0.3 is 19.5 Å². The van der Waals surface area contributed by atoms with E-state index in [9.17, 15) is 14.4 Å². The number of benzene rings is 1. The second-order valence-electron chi connectivity index (χ2n) is 6.90. The SMILES string of the molecule is CC(C)(C)OC(=O)NCC(=O)Oc1ccc(NC(=O)OCc2ccccc2)cn1. The molecule has 0 atom stereocenters. The van der Waals surface area contributed by atoms with Crippen LogP contribution in [0, 0.1) is 0 Å². The van der Waals surface area contributed by atoms with Gasteiger partial charge in [-0.2, -0.15) is 0 Å². The molecule has 9 nitrogen and oxygen atoms in total. The van der Waals surface area contributed by atoms with Gasteiger partial charge in [-0.3, -0.25) is 5.32 Å². The molecule has 1 aromatic carbocycles. The van der Waals surface area contributed by atoms with E-state index >= 15 is 0 Å². The molecule has 9 heteroatoms. The van der Waals surface area contributed by atoms with Gasteiger partial charge in [-0.05, 0) is 32.4 Å². The van der Waals surface area contributed by atoms with Crippen LogP contribution in [0.1, 0.15) is 26.3 Å². The predicted molar refractivity (Wildman–Crippen MR) is 104 cm³/mol. The van der Waals surface area contributed by atoms with Crippen molar-refractivity contribution in [2.75, 3.05) is 11.9 Å². The van der Waals surface area contributed by atoms with Crippen molar-refractivity contribution in [3.63, 3.8) is 0 Å². The van der Waals surface area contributed by atoms with Gasteiger partial charge in [0, 0.05) is 6.07 Å². The van der Waals surface area contributed by atoms with Crippen LogP contribution in [0.15, 0.2) is 48.7 Å². The average Bonchev–Trinajstić information content (AvgIpc) is 2.66. The molecule has 29 heavy (non-hydrogen) atoms. The number of nitrogens with one attached hydrogen (secondary N) is 2. The van der Waals surface area contributed by atoms with Crippen LogP contribution < -0.4 is 15.4 Å². The van der Waals surface area contributed by atoms with Crippen LogP contribution in [0.5, 0.6) is 5.88 Å². The van der Waals surface area contributed by atoms with Gasteiger partial charge in [-0.15, -0.1) is 0 Å². The summed E-state index contributed by atoms with van der Waals surface area (Å²) in [7, 11) is 0. The number of hydrogen-bond donors (Lipinski definition) is 2. The molecule has 0 unspecified atom stereocenters. The standard InChI is InChI=1S/C20H23N3O6/c1-20(2,3)29-18(25)22-12-17(24)28-16-10-9-15(11-21-16)23-19(26)27-13-14-7-5-4-6-8-14/h4-11H,12-13H2,1-3H3,(H,22,25)(H,23,26). The van der Waals surface area contributed by atoms with E-state index in [1.54, 1.807) is 20.8 Å². The summed E-state index contributed by atoms with van der Waals surface area (Å²) in [6.45, 7) is 4.90. The normalized spacial score (nSPS) is 10.6. The molecule has 2 amide bonds. The summed E-state index contributed by atoms with van der Waals surface area (Å²) in [5, 5.41) is 4.80. The molecule has 154 valence electrons. The first-order chi connectivity index (χ1) is 13.7. The molecular weight excluding hydrogens is 378 g/mol. The Kier molecular flexibility index (Phi) is 7.53. The molecule has 0 aliphatic carbocycles. The molecule has 0 aliphatic heterocycles. The van der Waals surface area contributed by atoms with Crippen LogP contribution in [0.2, 0.25) is 0 Å². The summed E-state index contributed by atoms with van der Waals surface area (Å²) < 4.78 is 15.1. The molecule has 0 fully saturated rings. The largest absolute Gasteiger partial charge is 0.444 e. The highest BCUT2D eigenvalue weighted by molar-refractivity contribution is 5.84. The first-order valence-corrected chi connectivity index (χ1v) is 8.82. The van der Waals surface area contributed by atoms with Crippen LogP contribution in [-0.4, -0.2) is 35.3 Å². The molecule has 0 aliphatic rings. The van der Waals surface area contributed by atoms with Gasteiger partial charge in [0.15, 0.2) is 0 Å². The smallest absolute Gasteiger partial charge is 0.412 e. The number of alkyl carbamates (subject to hydrolysis) is 1. The van der Waals surface area contributed by atoms with Gasteiger partial charge in [0.1, 0.15) is 18.8 Å². The maximum atomic E-state index is 11.8. The molecule has 2 rings (SSSR count). The lowest BCUT2D eigenvalue weighted by molar-refractivity contribution is -0.133. The highest BCUT2D eigenvalue weighted by Crippen LogP contribution is 2.12. The molecule has 0 radical (unpaired) electrons. The van der Waals surface area contributed by atoms with E-state index in [1.807, 2.05) is 30.3 Å². The highest BCUT2D eigenvalue weighted by atomic mass is 16.6. The van der Waals surface area contributed by atoms with Crippen LogP contribution >= 0.6 is 0 Å². The summed E-state index contributed by atoms with van der Waals surface area (Å²) in [5.74, 6) is -0.699. The van der Waals surface area contributed by atoms with E-state index in [-0.39, 0.29) is 19.0 Å². The number of hydrogen-bond acceptors (Lipinski definition) is 7. The summed E-state index contributed by atoms with van der Waals surface area (Å²) in [6.07, 6.45) is -0.0498. The molecule has 1 heterocycles. The Morgan fingerprint density at radius 1 is 1.00 bits per heavy atom. The lowest BCUT2D eigenvalue weighted by Gasteiger charge is -2.19. The zero-order valence-corrected chi connectivity index (χ0v) is 16.4. The van der Waals surface area contributed by atoms with Crippen molar-refractivity contribution < 1.29 is 28.6 Å². The fraction of sp³-hybridized carbons (Fsp3) is 0.300. The number of rotatable bonds is 6. The third-order valence-corrected chi connectivity index (χ3v) is 3.19. The van der Waals surface area contributed by atoms with E-state index < -0.39 is 23.8 Å². The van der Waals surface area contributed by atoms with E-state index in [0.29, 0.717) is 5.69 Å². The third-order valence-electron chi connectivity index (χ3n) is 3.19. The summed E-state index contributed by atoms with van der Waals surface area (Å²) in [5.41, 5.74) is 0.568. The maximum Gasteiger partial charge on any atom is 0.412 e. The van der Waals surface area contributed by atoms with Crippen LogP contribution in [0.25, 0.3) is 0 Å². The maximum absolute atomic E-state index is 11.8. The lowest BCUT2D eigenvalue weighted by Crippen LogP contribution is -2.36. The van der Waals surface area contributed by atoms with Crippen molar-refractivity contribution in [1.82, 2.24) is 10.3 Å². The van der Waals surface area contributed by atoms with Crippen LogP contribution in [0.3, 0.4) is 0 Å². The first kappa shape index (κ1) is 21.7. The zero-order chi connectivity index (χ0) is 21.3. The van der Waals surface area contributed by atoms with Gasteiger partial charge in [0.25, 0.3) is 0 Å². The number of aromatic nitrogens is 1. The number of anilines is 1. The monoisotopic (exact) mass is 401 g/mol. The van der Waals surface area contributed by atoms with Crippen LogP contribution in [-0.2, 0) is 20.9 Å². The summed E-state index contributed by atoms with van der Waals surface area (Å²) >= 11 is 0. The predicted octanol–water partition coefficient (Wildman–Crippen LogP) is 3.26. The Labute approximate surface area is 168 Å². The van der Waals surface area contributed by atoms with E-state index in [2.05, 4.69) is 15.6 Å². The van der Waals surface area contributed by atoms with E-state index in [0.717, 1.165) is 5.56 Å². The zero-order valence-electron chi connectivity index (χ0n) is 16.4. The Morgan fingerprint density at radius 2 is 1.72 bits per heavy atom. The van der Waals surface area contributed by atoms with Crippen molar-refractivity contribution in [2.24, 2.45) is 0 Å². The lowest BCUT2D eigenvalue weighted by atomic mass is 10.2. The Hall–Kier alpha value is -3.62. The third kappa shape index (κ3) is 8.74. The van der Waals surface area contributed by atoms with Crippen LogP contribution in [0.4, 0.5) is 15.3 Å². The van der Waals surface area contributed by atoms with Crippen molar-refractivity contribution in [2.45, 2.75) is 33.0 Å². The summed E-state index contributed by atoms with van der Waals surface area (Å²) in [6, 6.07) is 12.2. The second-order valence-corrected chi connectivity index (χ2v) is 6.90. The van der Waals surface area contributed by atoms with Gasteiger partial charge in [0.2, 0.25) is 5.88 Å². The number of carbonyl (C=O) groups is 3. The fourth-order valence-corrected chi connectivity index (χ4v) is 2.00. The number of pyridine rings is 1. The van der Waals surface area contributed by atoms with Crippen molar-refractivity contribution >= 4 is 23.8 Å². The van der Waals surface area contributed by atoms with E-state index in [1.165, 1.54) is 18.3 Å². The molecule has 0 saturated carbocycles. The molecular formula is C20H23N3O6. The Morgan fingerprint density at radius 3 is 2.34 bits per heavy atom. The second kappa shape index (κ2) is 10.1. The Bertz CT molecular complexity index is 832. The minimum absolute atomic E-state index is 0.0178. The number of carbonyl (C=O) groups excluding carboxylic acids is 3. The van der Waals surface area contributed by atoms with Gasteiger partial charge in [0.05, 0.1) is 11.9 Å². The number of amides is 2.